The highest BCUT2D eigenvalue weighted by Gasteiger charge is 2.30. The van der Waals surface area contributed by atoms with E-state index in [0.29, 0.717) is 11.7 Å². The molecular formula is C128H80N10O2. The minimum absolute atomic E-state index is 0.385. The van der Waals surface area contributed by atoms with Gasteiger partial charge in [-0.3, -0.25) is 0 Å². The average Bonchev–Trinajstić information content (AvgIpc) is 1.42. The lowest BCUT2D eigenvalue weighted by Crippen LogP contribution is -2.33. The van der Waals surface area contributed by atoms with Gasteiger partial charge in [-0.1, -0.05) is 340 Å². The Bertz CT molecular complexity index is 9700. The van der Waals surface area contributed by atoms with Gasteiger partial charge in [-0.25, -0.2) is 29.9 Å². The zero-order valence-electron chi connectivity index (χ0n) is 75.4. The van der Waals surface area contributed by atoms with Crippen molar-refractivity contribution in [1.29, 1.82) is 0 Å². The third-order valence-corrected chi connectivity index (χ3v) is 28.2. The van der Waals surface area contributed by atoms with Gasteiger partial charge >= 0.3 is 0 Å². The Morgan fingerprint density at radius 2 is 0.564 bits per heavy atom. The van der Waals surface area contributed by atoms with Crippen LogP contribution in [0.4, 0.5) is 0 Å². The largest absolute Gasteiger partial charge is 0.456 e. The van der Waals surface area contributed by atoms with E-state index in [9.17, 15) is 0 Å². The molecule has 0 aliphatic carbocycles. The lowest BCUT2D eigenvalue weighted by atomic mass is 9.88. The smallest absolute Gasteiger partial charge is 0.159 e. The molecule has 0 spiro atoms. The highest BCUT2D eigenvalue weighted by Crippen LogP contribution is 2.51. The zero-order chi connectivity index (χ0) is 92.0. The Morgan fingerprint density at radius 1 is 0.207 bits per heavy atom. The van der Waals surface area contributed by atoms with Crippen molar-refractivity contribution < 1.29 is 8.83 Å². The molecule has 2 N–H and O–H groups in total. The molecule has 12 heteroatoms. The van der Waals surface area contributed by atoms with Crippen LogP contribution in [0.5, 0.6) is 0 Å². The number of nitrogens with one attached hydrogen (secondary N) is 2. The summed E-state index contributed by atoms with van der Waals surface area (Å²) in [5, 5.41) is 22.9. The maximum atomic E-state index is 6.99. The third-order valence-electron chi connectivity index (χ3n) is 28.2. The Kier molecular flexibility index (Phi) is 18.5. The van der Waals surface area contributed by atoms with Crippen LogP contribution in [-0.4, -0.2) is 42.4 Å². The maximum Gasteiger partial charge on any atom is 0.159 e. The Labute approximate surface area is 803 Å². The van der Waals surface area contributed by atoms with E-state index in [-0.39, 0.29) is 6.17 Å². The van der Waals surface area contributed by atoms with E-state index in [4.69, 9.17) is 38.8 Å². The number of hydrogen-bond donors (Lipinski definition) is 2. The summed E-state index contributed by atoms with van der Waals surface area (Å²) in [6.45, 7) is 0. The first-order valence-electron chi connectivity index (χ1n) is 47.5. The summed E-state index contributed by atoms with van der Waals surface area (Å²) < 4.78 is 18.5. The van der Waals surface area contributed by atoms with Gasteiger partial charge in [0.15, 0.2) is 11.7 Å². The molecule has 2 atom stereocenters. The van der Waals surface area contributed by atoms with E-state index in [0.717, 1.165) is 255 Å². The molecule has 0 fully saturated rings. The number of aliphatic imine (C=N–C) groups is 4. The lowest BCUT2D eigenvalue weighted by molar-refractivity contribution is 0.669. The summed E-state index contributed by atoms with van der Waals surface area (Å²) in [4.78, 5) is 32.5. The van der Waals surface area contributed by atoms with E-state index in [2.05, 4.69) is 463 Å². The van der Waals surface area contributed by atoms with Crippen LogP contribution in [0.3, 0.4) is 0 Å². The van der Waals surface area contributed by atoms with E-state index in [1.807, 2.05) is 18.2 Å². The predicted molar refractivity (Wildman–Crippen MR) is 577 cm³/mol. The van der Waals surface area contributed by atoms with Gasteiger partial charge in [-0.2, -0.15) is 0 Å². The van der Waals surface area contributed by atoms with Crippen LogP contribution in [0.2, 0.25) is 0 Å². The summed E-state index contributed by atoms with van der Waals surface area (Å²) in [6.07, 6.45) is -0.800. The molecule has 0 radical (unpaired) electrons. The normalized spacial score (nSPS) is 14.0. The minimum atomic E-state index is -0.415. The first-order chi connectivity index (χ1) is 69.4. The molecule has 654 valence electrons. The Morgan fingerprint density at radius 3 is 1.10 bits per heavy atom. The van der Waals surface area contributed by atoms with Gasteiger partial charge in [-0.15, -0.1) is 0 Å². The van der Waals surface area contributed by atoms with Crippen molar-refractivity contribution in [2.24, 2.45) is 20.0 Å². The van der Waals surface area contributed by atoms with E-state index < -0.39 is 6.17 Å². The summed E-state index contributed by atoms with van der Waals surface area (Å²) in [5.74, 6) is 2.75. The van der Waals surface area contributed by atoms with Gasteiger partial charge in [0.2, 0.25) is 0 Å². The summed E-state index contributed by atoms with van der Waals surface area (Å²) in [7, 11) is 0. The first kappa shape index (κ1) is 79.7. The predicted octanol–water partition coefficient (Wildman–Crippen LogP) is 31.7. The van der Waals surface area contributed by atoms with E-state index >= 15 is 0 Å². The quantitative estimate of drug-likeness (QED) is 0.0982. The molecule has 26 aromatic rings. The number of nitrogens with zero attached hydrogens (tertiary/aromatic N) is 8. The Hall–Kier alpha value is -18.8. The van der Waals surface area contributed by atoms with Crippen LogP contribution < -0.4 is 10.6 Å². The van der Waals surface area contributed by atoms with Crippen molar-refractivity contribution in [2.75, 3.05) is 0 Å². The van der Waals surface area contributed by atoms with E-state index in [1.54, 1.807) is 0 Å². The fourth-order valence-corrected chi connectivity index (χ4v) is 21.7. The van der Waals surface area contributed by atoms with Gasteiger partial charge in [0.05, 0.1) is 44.5 Å². The molecule has 8 heterocycles. The highest BCUT2D eigenvalue weighted by atomic mass is 16.3. The maximum absolute atomic E-state index is 6.99. The standard InChI is InChI=1S/C128H80N10O2/c1-4-28-79(29-5-1)121-103-75-113-119(100-47-15-22-54-111(100)139-113)115(117(103)98-45-10-17-49-105(98)129-121)89-37-24-34-85(70-89)77-58-62-83(63-59-77)125-131-124(82-32-8-3-9-33-82)134-128(136-125)92-40-27-41-94(73-92)138-109-53-21-14-44-97(109)102-74-88(66-69-110(102)138)78-56-60-80(61-57-78)122-104-76-114-120(101-48-16-23-55-112(101)140-114)116(118(104)99-46-11-18-50-106(99)130-122)90-38-25-35-86(71-90)87-36-26-39-91(72-87)127-133-123(81-30-6-2-7-31-81)132-126(135-127)84-64-67-93(68-65-84)137-107-51-19-12-42-95(107)96-43-13-20-52-108(96)137/h1-76,123-124H,(H,131,134,136)(H,132,133,135). The number of aromatic nitrogens is 4. The highest BCUT2D eigenvalue weighted by molar-refractivity contribution is 6.30. The van der Waals surface area contributed by atoms with Crippen LogP contribution in [0.15, 0.2) is 490 Å². The summed E-state index contributed by atoms with van der Waals surface area (Å²) in [6, 6.07) is 164. The number of para-hydroxylation sites is 7. The van der Waals surface area contributed by atoms with Gasteiger partial charge in [-0.05, 0) is 177 Å². The monoisotopic (exact) mass is 1790 g/mol. The van der Waals surface area contributed by atoms with Gasteiger partial charge < -0.3 is 28.6 Å². The second-order valence-electron chi connectivity index (χ2n) is 36.3. The second-order valence-corrected chi connectivity index (χ2v) is 36.3. The Balaban J connectivity index is 0.497. The molecule has 6 aromatic heterocycles. The molecule has 2 aliphatic rings. The number of amidine groups is 4. The molecule has 2 unspecified atom stereocenters. The topological polar surface area (TPSA) is 135 Å². The summed E-state index contributed by atoms with van der Waals surface area (Å²) in [5.41, 5.74) is 32.0. The van der Waals surface area contributed by atoms with Crippen molar-refractivity contribution >= 4 is 154 Å². The van der Waals surface area contributed by atoms with Crippen molar-refractivity contribution in [3.8, 4) is 89.5 Å². The molecule has 0 bridgehead atoms. The fourth-order valence-electron chi connectivity index (χ4n) is 21.7. The number of hydrogen-bond acceptors (Lipinski definition) is 10. The molecule has 0 saturated heterocycles. The number of furan rings is 2. The van der Waals surface area contributed by atoms with Crippen molar-refractivity contribution in [1.82, 2.24) is 29.7 Å². The average molecular weight is 1790 g/mol. The molecule has 140 heavy (non-hydrogen) atoms. The van der Waals surface area contributed by atoms with Gasteiger partial charge in [0, 0.05) is 131 Å². The van der Waals surface area contributed by atoms with Crippen LogP contribution in [-0.2, 0) is 0 Å². The molecule has 0 amide bonds. The lowest BCUT2D eigenvalue weighted by Gasteiger charge is -2.24. The molecule has 28 rings (SSSR count). The zero-order valence-corrected chi connectivity index (χ0v) is 75.4. The second kappa shape index (κ2) is 32.5. The number of pyridine rings is 2. The molecular weight excluding hydrogens is 1710 g/mol. The number of benzene rings is 20. The molecule has 0 saturated carbocycles. The minimum Gasteiger partial charge on any atom is -0.456 e. The van der Waals surface area contributed by atoms with Crippen molar-refractivity contribution in [3.63, 3.8) is 0 Å². The molecule has 12 nitrogen and oxygen atoms in total. The molecule has 20 aromatic carbocycles. The number of rotatable bonds is 15. The van der Waals surface area contributed by atoms with Crippen molar-refractivity contribution in [3.05, 3.63) is 494 Å². The van der Waals surface area contributed by atoms with Crippen LogP contribution in [0.25, 0.3) is 220 Å². The van der Waals surface area contributed by atoms with Gasteiger partial charge in [0.25, 0.3) is 0 Å². The van der Waals surface area contributed by atoms with Crippen LogP contribution in [0.1, 0.15) is 45.7 Å². The van der Waals surface area contributed by atoms with Gasteiger partial charge in [0.1, 0.15) is 46.3 Å². The van der Waals surface area contributed by atoms with E-state index in [1.165, 1.54) is 10.8 Å². The number of fused-ring (bicyclic) bond motifs is 18. The molecule has 2 aliphatic heterocycles. The first-order valence-corrected chi connectivity index (χ1v) is 47.5. The fraction of sp³-hybridized carbons (Fsp3) is 0.0156. The SMILES string of the molecule is c1ccc(-c2nc3ccccc3c3c(-c4cccc(-c5ccc(C6=NC(c7cccc(-n8c9ccccc9c9cc(-c%10ccc(-c%11nc%12ccccc%12c%12c(-c%13cccc(-c%14cccc(C%15=NC(c%16ccc(-n%17c%18ccccc%18c%18ccccc%18%17)cc%16)=NC(c%16ccccc%16)N%15)c%14)c%13)c%13c(cc%11%12)oc%11ccccc%11%13)cc%10)ccc98)c7)=NC(c7ccccc7)N6)cc5)c4)c4c(cc23)oc2ccccc24)cc1. The third kappa shape index (κ3) is 13.4. The van der Waals surface area contributed by atoms with Crippen LogP contribution in [0, 0.1) is 0 Å². The van der Waals surface area contributed by atoms with Crippen molar-refractivity contribution in [2.45, 2.75) is 12.3 Å². The van der Waals surface area contributed by atoms with Crippen LogP contribution >= 0.6 is 0 Å². The summed E-state index contributed by atoms with van der Waals surface area (Å²) >= 11 is 0.